The first-order valence-corrected chi connectivity index (χ1v) is 44.9. The van der Waals surface area contributed by atoms with E-state index in [1.165, 1.54) is 272 Å². The molecule has 0 bridgehead atoms. The second-order valence-corrected chi connectivity index (χ2v) is 36.0. The van der Waals surface area contributed by atoms with Crippen LogP contribution in [0.3, 0.4) is 0 Å². The third-order valence-corrected chi connectivity index (χ3v) is 28.3. The molecule has 0 spiro atoms. The van der Waals surface area contributed by atoms with Crippen molar-refractivity contribution < 1.29 is 35.9 Å². The van der Waals surface area contributed by atoms with Gasteiger partial charge in [-0.3, -0.25) is 0 Å². The molecular formula is C106H116N8O4+4. The first kappa shape index (κ1) is 77.2. The van der Waals surface area contributed by atoms with Crippen molar-refractivity contribution in [3.05, 3.63) is 238 Å². The quantitative estimate of drug-likeness (QED) is 0.117. The highest BCUT2D eigenvalue weighted by Gasteiger charge is 2.32. The molecule has 0 atom stereocenters. The molecule has 12 heteroatoms. The molecule has 6 aliphatic rings. The molecule has 12 aromatic heterocycles. The van der Waals surface area contributed by atoms with E-state index < -0.39 is 0 Å². The van der Waals surface area contributed by atoms with Gasteiger partial charge >= 0.3 is 0 Å². The Balaban J connectivity index is 0.000000105. The van der Waals surface area contributed by atoms with Gasteiger partial charge in [0.2, 0.25) is 45.6 Å². The van der Waals surface area contributed by atoms with Gasteiger partial charge in [0.05, 0.1) is 22.3 Å². The van der Waals surface area contributed by atoms with E-state index in [9.17, 15) is 0 Å². The van der Waals surface area contributed by atoms with Gasteiger partial charge in [-0.25, -0.2) is 38.2 Å². The molecular weight excluding hydrogens is 1450 g/mol. The Labute approximate surface area is 694 Å². The van der Waals surface area contributed by atoms with Crippen LogP contribution >= 0.6 is 0 Å². The summed E-state index contributed by atoms with van der Waals surface area (Å²) < 4.78 is 34.7. The van der Waals surface area contributed by atoms with Gasteiger partial charge in [-0.1, -0.05) is 139 Å². The summed E-state index contributed by atoms with van der Waals surface area (Å²) >= 11 is 0. The smallest absolute Gasteiger partial charge is 0.227 e. The molecule has 118 heavy (non-hydrogen) atoms. The first-order chi connectivity index (χ1) is 57.6. The molecule has 0 saturated heterocycles. The van der Waals surface area contributed by atoms with E-state index in [4.69, 9.17) is 32.6 Å². The SMILES string of the molecule is CCc1ccc2c(n1)oc1c(-c3cc(C4CCCC4)cc[n+]3C)c(C)ccc12.Cc1ccc2c(n1)oc1c(-c3cc(C4CCCC4)cc[n+]3C)c(C)ccc12.Cc1ccc2c(oc3nc(C4CCCC4)ccc32)c1-c1ccc(C2CCCC2)c[n+]1C.Cc1ccc2c(oc3nc(C4CCCCC4)ccc32)c1-c1ccc(C2CCCC2)c[n+]1C. The van der Waals surface area contributed by atoms with E-state index in [1.54, 1.807) is 0 Å². The summed E-state index contributed by atoms with van der Waals surface area (Å²) in [6.45, 7) is 12.8. The van der Waals surface area contributed by atoms with Crippen molar-refractivity contribution in [2.24, 2.45) is 28.2 Å². The minimum atomic E-state index is 0.587. The molecule has 0 radical (unpaired) electrons. The molecule has 6 saturated carbocycles. The predicted octanol–water partition coefficient (Wildman–Crippen LogP) is 26.3. The summed E-state index contributed by atoms with van der Waals surface area (Å²) in [5.41, 5.74) is 31.8. The van der Waals surface area contributed by atoms with Crippen LogP contribution in [0.5, 0.6) is 0 Å². The van der Waals surface area contributed by atoms with Crippen LogP contribution in [-0.2, 0) is 34.6 Å². The van der Waals surface area contributed by atoms with Crippen LogP contribution in [0.2, 0.25) is 0 Å². The second kappa shape index (κ2) is 32.9. The molecule has 16 aromatic rings. The zero-order valence-electron chi connectivity index (χ0n) is 71.2. The number of nitrogens with zero attached hydrogens (tertiary/aromatic N) is 8. The second-order valence-electron chi connectivity index (χ2n) is 36.0. The van der Waals surface area contributed by atoms with Crippen LogP contribution < -0.4 is 18.3 Å². The lowest BCUT2D eigenvalue weighted by atomic mass is 9.86. The largest absolute Gasteiger partial charge is 0.437 e. The zero-order valence-corrected chi connectivity index (χ0v) is 71.2. The molecule has 0 unspecified atom stereocenters. The monoisotopic (exact) mass is 1560 g/mol. The van der Waals surface area contributed by atoms with Crippen LogP contribution in [0.15, 0.2) is 188 Å². The van der Waals surface area contributed by atoms with Crippen molar-refractivity contribution in [3.8, 4) is 45.0 Å². The van der Waals surface area contributed by atoms with Gasteiger partial charge in [-0.2, -0.15) is 0 Å². The Morgan fingerprint density at radius 1 is 0.280 bits per heavy atom. The summed E-state index contributed by atoms with van der Waals surface area (Å²) in [6, 6.07) is 53.6. The van der Waals surface area contributed by atoms with Crippen LogP contribution in [-0.4, -0.2) is 19.9 Å². The molecule has 6 aliphatic carbocycles. The molecule has 0 aliphatic heterocycles. The minimum Gasteiger partial charge on any atom is -0.437 e. The molecule has 12 nitrogen and oxygen atoms in total. The lowest BCUT2D eigenvalue weighted by Crippen LogP contribution is -2.31. The molecule has 0 amide bonds. The number of hydrogen-bond donors (Lipinski definition) is 0. The number of aryl methyl sites for hydroxylation is 10. The third-order valence-electron chi connectivity index (χ3n) is 28.3. The van der Waals surface area contributed by atoms with Crippen molar-refractivity contribution in [3.63, 3.8) is 0 Å². The average molecular weight is 1570 g/mol. The van der Waals surface area contributed by atoms with Crippen molar-refractivity contribution in [2.75, 3.05) is 0 Å². The van der Waals surface area contributed by atoms with Crippen LogP contribution in [0.1, 0.15) is 270 Å². The fraction of sp³-hybridized carbons (Fsp3) is 0.396. The highest BCUT2D eigenvalue weighted by atomic mass is 16.4. The number of aromatic nitrogens is 8. The summed E-state index contributed by atoms with van der Waals surface area (Å²) in [7, 11) is 8.60. The Kier molecular flexibility index (Phi) is 21.5. The van der Waals surface area contributed by atoms with Gasteiger partial charge in [-0.15, -0.1) is 0 Å². The van der Waals surface area contributed by atoms with Crippen LogP contribution in [0, 0.1) is 34.6 Å². The van der Waals surface area contributed by atoms with Crippen molar-refractivity contribution in [1.29, 1.82) is 0 Å². The normalized spacial score (nSPS) is 16.7. The molecule has 0 N–H and O–H groups in total. The van der Waals surface area contributed by atoms with Gasteiger partial charge in [0.1, 0.15) is 28.2 Å². The fourth-order valence-corrected chi connectivity index (χ4v) is 21.5. The van der Waals surface area contributed by atoms with E-state index >= 15 is 0 Å². The van der Waals surface area contributed by atoms with Gasteiger partial charge in [0.15, 0.2) is 47.1 Å². The Hall–Kier alpha value is -10.7. The number of hydrogen-bond acceptors (Lipinski definition) is 8. The van der Waals surface area contributed by atoms with Gasteiger partial charge in [0, 0.05) is 125 Å². The third kappa shape index (κ3) is 14.8. The maximum Gasteiger partial charge on any atom is 0.227 e. The van der Waals surface area contributed by atoms with E-state index in [-0.39, 0.29) is 0 Å². The van der Waals surface area contributed by atoms with E-state index in [0.717, 1.165) is 107 Å². The number of pyridine rings is 8. The Morgan fingerprint density at radius 2 is 0.585 bits per heavy atom. The van der Waals surface area contributed by atoms with Crippen molar-refractivity contribution >= 4 is 88.3 Å². The first-order valence-electron chi connectivity index (χ1n) is 44.9. The minimum absolute atomic E-state index is 0.587. The number of fused-ring (bicyclic) bond motifs is 12. The Bertz CT molecular complexity index is 6470. The standard InChI is InChI=1S/C29H33N2O.C28H31N2O.C25H27N2O.C24H25N2O/c1-19-12-14-23-24-15-16-25(21-10-4-3-5-11-21)30-29(24)32-28(23)27(19)26-17-13-22(18-31(26)2)20-8-6-7-9-20;1-18-11-13-22-23-14-15-24(20-9-5-6-10-20)29-28(23)31-27(22)26(18)25-16-12-21(17-30(25)2)19-7-3-4-8-19;1-4-19-10-12-21-20-11-9-16(2)23(24(20)28-25(21)26-19)22-15-18(13-14-27(22)3)17-7-5-6-8-17;1-15-8-10-19-20-11-9-16(2)25-24(20)27-23(19)22(15)21-14-18(12-13-26(21)3)17-6-4-5-7-17/h12-18,20-21H,3-11H2,1-2H3;11-17,19-20H,3-10H2,1-2H3;9-15,17H,4-8H2,1-3H3;8-14,17H,4-7H2,1-3H3/q4*+1. The van der Waals surface area contributed by atoms with Gasteiger partial charge in [0.25, 0.3) is 0 Å². The highest BCUT2D eigenvalue weighted by molar-refractivity contribution is 6.12. The summed E-state index contributed by atoms with van der Waals surface area (Å²) in [5.74, 6) is 4.03. The predicted molar refractivity (Wildman–Crippen MR) is 477 cm³/mol. The maximum atomic E-state index is 6.51. The van der Waals surface area contributed by atoms with Gasteiger partial charge in [-0.05, 0) is 236 Å². The summed E-state index contributed by atoms with van der Waals surface area (Å²) in [4.78, 5) is 19.3. The molecule has 6 fully saturated rings. The van der Waals surface area contributed by atoms with Crippen molar-refractivity contribution in [1.82, 2.24) is 19.9 Å². The lowest BCUT2D eigenvalue weighted by molar-refractivity contribution is -0.661. The van der Waals surface area contributed by atoms with Crippen molar-refractivity contribution in [2.45, 2.75) is 244 Å². The average Bonchev–Trinajstić information content (AvgIpc) is 1.60. The molecule has 22 rings (SSSR count). The Morgan fingerprint density at radius 3 is 0.949 bits per heavy atom. The lowest BCUT2D eigenvalue weighted by Gasteiger charge is -2.20. The molecule has 4 aromatic carbocycles. The molecule has 600 valence electrons. The molecule has 12 heterocycles. The van der Waals surface area contributed by atoms with E-state index in [0.29, 0.717) is 23.7 Å². The van der Waals surface area contributed by atoms with Crippen LogP contribution in [0.25, 0.3) is 133 Å². The topological polar surface area (TPSA) is 120 Å². The maximum absolute atomic E-state index is 6.51. The van der Waals surface area contributed by atoms with Gasteiger partial charge < -0.3 is 17.7 Å². The number of rotatable bonds is 11. The number of furan rings is 4. The fourth-order valence-electron chi connectivity index (χ4n) is 21.5. The van der Waals surface area contributed by atoms with E-state index in [2.05, 4.69) is 256 Å². The number of benzene rings is 4. The van der Waals surface area contributed by atoms with E-state index in [1.807, 2.05) is 6.92 Å². The zero-order chi connectivity index (χ0) is 80.4. The highest BCUT2D eigenvalue weighted by Crippen LogP contribution is 2.46. The summed E-state index contributed by atoms with van der Waals surface area (Å²) in [6.07, 6.45) is 43.1. The van der Waals surface area contributed by atoms with Crippen LogP contribution in [0.4, 0.5) is 0 Å². The summed E-state index contributed by atoms with van der Waals surface area (Å²) in [5, 5.41) is 9.08.